The molecule has 2 unspecified atom stereocenters. The van der Waals surface area contributed by atoms with E-state index in [9.17, 15) is 14.4 Å². The van der Waals surface area contributed by atoms with Crippen LogP contribution >= 0.6 is 35.3 Å². The molecule has 0 saturated heterocycles. The Morgan fingerprint density at radius 2 is 1.74 bits per heavy atom. The van der Waals surface area contributed by atoms with Gasteiger partial charge in [-0.15, -0.1) is 23.1 Å². The second-order valence-electron chi connectivity index (χ2n) is 11.5. The standard InChI is InChI=1S/C32H37N3O4S3/c1-18(36)20-10-13-22(14-11-20)33-31(40)34-23-8-7-9-24(17-23)41-19(2)28(37)35-29-27(30(38)39-6)25-15-12-21(32(3,4)5)16-26(25)42-29/h7-11,13-14,17,19,21H,12,15-16H2,1-6H3,(H,35,37)(H2,33,34,40). The van der Waals surface area contributed by atoms with Gasteiger partial charge in [-0.1, -0.05) is 26.8 Å². The third-order valence-corrected chi connectivity index (χ3v) is 9.91. The molecule has 1 aliphatic carbocycles. The van der Waals surface area contributed by atoms with E-state index in [-0.39, 0.29) is 17.1 Å². The van der Waals surface area contributed by atoms with Gasteiger partial charge in [0.05, 0.1) is 17.9 Å². The Hall–Kier alpha value is -3.21. The highest BCUT2D eigenvalue weighted by Gasteiger charge is 2.34. The van der Waals surface area contributed by atoms with Crippen molar-refractivity contribution in [1.82, 2.24) is 0 Å². The van der Waals surface area contributed by atoms with Crippen molar-refractivity contribution in [2.45, 2.75) is 64.0 Å². The van der Waals surface area contributed by atoms with Gasteiger partial charge >= 0.3 is 5.97 Å². The first kappa shape index (κ1) is 31.7. The zero-order chi connectivity index (χ0) is 30.6. The van der Waals surface area contributed by atoms with E-state index in [1.54, 1.807) is 24.3 Å². The summed E-state index contributed by atoms with van der Waals surface area (Å²) in [5, 5.41) is 9.87. The van der Waals surface area contributed by atoms with E-state index in [1.165, 1.54) is 37.1 Å². The Labute approximate surface area is 261 Å². The Kier molecular flexibility index (Phi) is 10.1. The van der Waals surface area contributed by atoms with Gasteiger partial charge in [-0.25, -0.2) is 4.79 Å². The molecule has 2 atom stereocenters. The van der Waals surface area contributed by atoms with E-state index in [0.29, 0.717) is 27.2 Å². The minimum Gasteiger partial charge on any atom is -0.465 e. The fourth-order valence-electron chi connectivity index (χ4n) is 4.93. The van der Waals surface area contributed by atoms with Gasteiger partial charge in [0.25, 0.3) is 0 Å². The van der Waals surface area contributed by atoms with Gasteiger partial charge in [0, 0.05) is 26.7 Å². The SMILES string of the molecule is COC(=O)c1c(NC(=O)C(C)Sc2cccc(NC(=S)Nc3ccc(C(C)=O)cc3)c2)sc2c1CCC(C(C)(C)C)C2. The highest BCUT2D eigenvalue weighted by Crippen LogP contribution is 2.44. The van der Waals surface area contributed by atoms with Crippen molar-refractivity contribution in [3.63, 3.8) is 0 Å². The Morgan fingerprint density at radius 1 is 1.05 bits per heavy atom. The number of ether oxygens (including phenoxy) is 1. The first-order valence-corrected chi connectivity index (χ1v) is 16.0. The molecule has 1 aliphatic rings. The minimum absolute atomic E-state index is 0.00660. The van der Waals surface area contributed by atoms with Crippen molar-refractivity contribution >= 4 is 74.5 Å². The normalized spacial score (nSPS) is 15.2. The van der Waals surface area contributed by atoms with E-state index >= 15 is 0 Å². The second kappa shape index (κ2) is 13.4. The molecular formula is C32H37N3O4S3. The molecule has 7 nitrogen and oxygen atoms in total. The summed E-state index contributed by atoms with van der Waals surface area (Å²) in [6.45, 7) is 10.1. The van der Waals surface area contributed by atoms with Crippen LogP contribution < -0.4 is 16.0 Å². The zero-order valence-electron chi connectivity index (χ0n) is 24.8. The van der Waals surface area contributed by atoms with Gasteiger partial charge in [-0.3, -0.25) is 9.59 Å². The van der Waals surface area contributed by atoms with Crippen LogP contribution in [0.3, 0.4) is 0 Å². The molecular weight excluding hydrogens is 587 g/mol. The molecule has 1 aromatic heterocycles. The van der Waals surface area contributed by atoms with Crippen LogP contribution in [-0.4, -0.2) is 35.1 Å². The number of thioether (sulfide) groups is 1. The maximum absolute atomic E-state index is 13.3. The summed E-state index contributed by atoms with van der Waals surface area (Å²) < 4.78 is 5.11. The Balaban J connectivity index is 1.40. The molecule has 4 rings (SSSR count). The topological polar surface area (TPSA) is 96.5 Å². The summed E-state index contributed by atoms with van der Waals surface area (Å²) in [4.78, 5) is 39.6. The summed E-state index contributed by atoms with van der Waals surface area (Å²) in [5.74, 6) is -0.0632. The van der Waals surface area contributed by atoms with Crippen molar-refractivity contribution in [3.8, 4) is 0 Å². The first-order chi connectivity index (χ1) is 19.8. The number of benzene rings is 2. The quantitative estimate of drug-likeness (QED) is 0.101. The molecule has 1 heterocycles. The number of carbonyl (C=O) groups is 3. The van der Waals surface area contributed by atoms with Crippen LogP contribution in [0, 0.1) is 11.3 Å². The molecule has 222 valence electrons. The van der Waals surface area contributed by atoms with E-state index in [2.05, 4.69) is 36.7 Å². The number of methoxy groups -OCH3 is 1. The van der Waals surface area contributed by atoms with Gasteiger partial charge in [-0.05, 0) is 105 Å². The number of Topliss-reactive ketones (excluding diaryl/α,β-unsaturated/α-hetero) is 1. The minimum atomic E-state index is -0.419. The number of nitrogens with one attached hydrogen (secondary N) is 3. The van der Waals surface area contributed by atoms with Gasteiger partial charge in [-0.2, -0.15) is 0 Å². The molecule has 0 saturated carbocycles. The number of thiocarbonyl (C=S) groups is 1. The van der Waals surface area contributed by atoms with Crippen molar-refractivity contribution in [3.05, 3.63) is 70.1 Å². The largest absolute Gasteiger partial charge is 0.465 e. The summed E-state index contributed by atoms with van der Waals surface area (Å²) >= 11 is 8.38. The molecule has 0 aliphatic heterocycles. The summed E-state index contributed by atoms with van der Waals surface area (Å²) in [7, 11) is 1.38. The number of carbonyl (C=O) groups excluding carboxylic acids is 3. The molecule has 1 amide bonds. The van der Waals surface area contributed by atoms with E-state index < -0.39 is 11.2 Å². The van der Waals surface area contributed by atoms with Crippen molar-refractivity contribution in [2.24, 2.45) is 11.3 Å². The van der Waals surface area contributed by atoms with Crippen molar-refractivity contribution < 1.29 is 19.1 Å². The number of ketones is 1. The number of thiophene rings is 1. The fraction of sp³-hybridized carbons (Fsp3) is 0.375. The van der Waals surface area contributed by atoms with Crippen LogP contribution in [0.2, 0.25) is 0 Å². The van der Waals surface area contributed by atoms with Gasteiger partial charge in [0.1, 0.15) is 5.00 Å². The highest BCUT2D eigenvalue weighted by atomic mass is 32.2. The van der Waals surface area contributed by atoms with E-state index in [4.69, 9.17) is 17.0 Å². The number of rotatable bonds is 8. The number of fused-ring (bicyclic) bond motifs is 1. The molecule has 0 fully saturated rings. The van der Waals surface area contributed by atoms with Crippen LogP contribution in [0.25, 0.3) is 0 Å². The number of amides is 1. The number of hydrogen-bond donors (Lipinski definition) is 3. The summed E-state index contributed by atoms with van der Waals surface area (Å²) in [5.41, 5.74) is 3.87. The predicted molar refractivity (Wildman–Crippen MR) is 177 cm³/mol. The predicted octanol–water partition coefficient (Wildman–Crippen LogP) is 7.82. The average molecular weight is 624 g/mol. The lowest BCUT2D eigenvalue weighted by Gasteiger charge is -2.33. The lowest BCUT2D eigenvalue weighted by Crippen LogP contribution is -2.26. The van der Waals surface area contributed by atoms with E-state index in [1.807, 2.05) is 31.2 Å². The average Bonchev–Trinajstić information content (AvgIpc) is 3.29. The molecule has 10 heteroatoms. The Bertz CT molecular complexity index is 1490. The maximum Gasteiger partial charge on any atom is 0.341 e. The zero-order valence-corrected chi connectivity index (χ0v) is 27.2. The van der Waals surface area contributed by atoms with Crippen LogP contribution in [0.5, 0.6) is 0 Å². The third kappa shape index (κ3) is 7.79. The van der Waals surface area contributed by atoms with Gasteiger partial charge in [0.2, 0.25) is 5.91 Å². The van der Waals surface area contributed by atoms with Crippen LogP contribution in [0.15, 0.2) is 53.4 Å². The first-order valence-electron chi connectivity index (χ1n) is 13.8. The van der Waals surface area contributed by atoms with Gasteiger partial charge < -0.3 is 20.7 Å². The monoisotopic (exact) mass is 623 g/mol. The smallest absolute Gasteiger partial charge is 0.341 e. The lowest BCUT2D eigenvalue weighted by atomic mass is 9.72. The molecule has 0 radical (unpaired) electrons. The number of hydrogen-bond acceptors (Lipinski definition) is 7. The molecule has 0 bridgehead atoms. The van der Waals surface area contributed by atoms with Crippen molar-refractivity contribution in [1.29, 1.82) is 0 Å². The maximum atomic E-state index is 13.3. The highest BCUT2D eigenvalue weighted by molar-refractivity contribution is 8.00. The second-order valence-corrected chi connectivity index (χ2v) is 14.4. The molecule has 3 aromatic rings. The molecule has 3 N–H and O–H groups in total. The van der Waals surface area contributed by atoms with Crippen LogP contribution in [-0.2, 0) is 22.4 Å². The van der Waals surface area contributed by atoms with Crippen LogP contribution in [0.4, 0.5) is 16.4 Å². The molecule has 2 aromatic carbocycles. The molecule has 42 heavy (non-hydrogen) atoms. The summed E-state index contributed by atoms with van der Waals surface area (Å²) in [6, 6.07) is 14.8. The summed E-state index contributed by atoms with van der Waals surface area (Å²) in [6.07, 6.45) is 2.71. The van der Waals surface area contributed by atoms with E-state index in [0.717, 1.165) is 46.0 Å². The Morgan fingerprint density at radius 3 is 2.38 bits per heavy atom. The fourth-order valence-corrected chi connectivity index (χ4v) is 7.41. The molecule has 0 spiro atoms. The van der Waals surface area contributed by atoms with Crippen LogP contribution in [0.1, 0.15) is 72.2 Å². The van der Waals surface area contributed by atoms with Crippen molar-refractivity contribution in [2.75, 3.05) is 23.1 Å². The van der Waals surface area contributed by atoms with Gasteiger partial charge in [0.15, 0.2) is 10.9 Å². The third-order valence-electron chi connectivity index (χ3n) is 7.44. The number of anilines is 3. The lowest BCUT2D eigenvalue weighted by molar-refractivity contribution is -0.115. The number of esters is 1.